The second kappa shape index (κ2) is 12.3. The van der Waals surface area contributed by atoms with Gasteiger partial charge in [-0.25, -0.2) is 0 Å². The maximum atomic E-state index is 2.44. The van der Waals surface area contributed by atoms with Crippen LogP contribution in [0.5, 0.6) is 0 Å². The molecule has 252 valence electrons. The lowest BCUT2D eigenvalue weighted by molar-refractivity contribution is 0.662. The summed E-state index contributed by atoms with van der Waals surface area (Å²) in [5.41, 5.74) is 17.0. The lowest BCUT2D eigenvalue weighted by Gasteiger charge is -2.30. The molecule has 53 heavy (non-hydrogen) atoms. The maximum absolute atomic E-state index is 2.44. The molecule has 1 heterocycles. The molecule has 0 bridgehead atoms. The van der Waals surface area contributed by atoms with Crippen LogP contribution in [0.15, 0.2) is 194 Å². The lowest BCUT2D eigenvalue weighted by Crippen LogP contribution is -2.17. The molecule has 2 nitrogen and oxygen atoms in total. The third kappa shape index (κ3) is 5.02. The fourth-order valence-electron chi connectivity index (χ4n) is 8.74. The minimum atomic E-state index is -0.145. The van der Waals surface area contributed by atoms with Crippen molar-refractivity contribution in [3.63, 3.8) is 0 Å². The Bertz CT molecular complexity index is 2740. The van der Waals surface area contributed by atoms with Gasteiger partial charge in [-0.1, -0.05) is 153 Å². The first-order valence-electron chi connectivity index (χ1n) is 18.4. The molecule has 1 aromatic heterocycles. The highest BCUT2D eigenvalue weighted by atomic mass is 15.1. The average molecular weight is 679 g/mol. The van der Waals surface area contributed by atoms with Crippen molar-refractivity contribution in [2.45, 2.75) is 19.3 Å². The van der Waals surface area contributed by atoms with Crippen molar-refractivity contribution in [2.24, 2.45) is 0 Å². The van der Waals surface area contributed by atoms with E-state index in [0.717, 1.165) is 22.7 Å². The fourth-order valence-corrected chi connectivity index (χ4v) is 8.74. The normalized spacial score (nSPS) is 12.9. The summed E-state index contributed by atoms with van der Waals surface area (Å²) in [7, 11) is 0. The number of hydrogen-bond acceptors (Lipinski definition) is 1. The first-order chi connectivity index (χ1) is 26.1. The van der Waals surface area contributed by atoms with Crippen molar-refractivity contribution in [2.75, 3.05) is 4.90 Å². The molecule has 1 aliphatic rings. The highest BCUT2D eigenvalue weighted by Gasteiger charge is 2.38. The quantitative estimate of drug-likeness (QED) is 0.170. The van der Waals surface area contributed by atoms with Crippen LogP contribution in [0.1, 0.15) is 25.0 Å². The summed E-state index contributed by atoms with van der Waals surface area (Å²) in [5.74, 6) is 0. The van der Waals surface area contributed by atoms with Crippen molar-refractivity contribution in [1.29, 1.82) is 0 Å². The first-order valence-corrected chi connectivity index (χ1v) is 18.4. The molecule has 0 amide bonds. The first kappa shape index (κ1) is 31.1. The summed E-state index contributed by atoms with van der Waals surface area (Å²) in [4.78, 5) is 2.44. The third-order valence-electron chi connectivity index (χ3n) is 11.1. The van der Waals surface area contributed by atoms with Gasteiger partial charge in [-0.15, -0.1) is 0 Å². The van der Waals surface area contributed by atoms with Crippen LogP contribution < -0.4 is 4.90 Å². The van der Waals surface area contributed by atoms with Gasteiger partial charge in [0.1, 0.15) is 0 Å². The molecular weight excluding hydrogens is 641 g/mol. The monoisotopic (exact) mass is 678 g/mol. The van der Waals surface area contributed by atoms with Crippen LogP contribution in [0, 0.1) is 0 Å². The smallest absolute Gasteiger partial charge is 0.0541 e. The standard InChI is InChI=1S/C51H38N2/c1-51(2)47-25-12-9-22-42(47)46-34-41(33-45(50(46)51)37-18-7-4-8-19-37)52(38-30-28-36(29-31-38)35-16-5-3-6-17-35)39-20-15-21-40(32-39)53-48-26-13-10-23-43(48)44-24-11-14-27-49(44)53/h3-34H,1-2H3. The molecule has 8 aromatic carbocycles. The van der Waals surface area contributed by atoms with Gasteiger partial charge in [-0.05, 0) is 99.1 Å². The summed E-state index contributed by atoms with van der Waals surface area (Å²) in [6, 6.07) is 70.8. The largest absolute Gasteiger partial charge is 0.310 e. The summed E-state index contributed by atoms with van der Waals surface area (Å²) in [5, 5.41) is 2.52. The number of anilines is 3. The van der Waals surface area contributed by atoms with E-state index in [0.29, 0.717) is 0 Å². The Morgan fingerprint density at radius 3 is 1.66 bits per heavy atom. The Kier molecular flexibility index (Phi) is 7.19. The van der Waals surface area contributed by atoms with E-state index < -0.39 is 0 Å². The van der Waals surface area contributed by atoms with Gasteiger partial charge in [0.05, 0.1) is 11.0 Å². The van der Waals surface area contributed by atoms with E-state index in [1.807, 2.05) is 0 Å². The Morgan fingerprint density at radius 1 is 0.396 bits per heavy atom. The van der Waals surface area contributed by atoms with Gasteiger partial charge in [0, 0.05) is 38.9 Å². The van der Waals surface area contributed by atoms with E-state index in [9.17, 15) is 0 Å². The Morgan fingerprint density at radius 2 is 0.962 bits per heavy atom. The molecule has 0 unspecified atom stereocenters. The molecule has 0 fully saturated rings. The molecule has 9 aromatic rings. The molecule has 0 atom stereocenters. The van der Waals surface area contributed by atoms with Crippen molar-refractivity contribution >= 4 is 38.9 Å². The number of rotatable bonds is 6. The van der Waals surface area contributed by atoms with Crippen LogP contribution in [0.4, 0.5) is 17.1 Å². The minimum absolute atomic E-state index is 0.145. The Labute approximate surface area is 310 Å². The van der Waals surface area contributed by atoms with Gasteiger partial charge in [0.25, 0.3) is 0 Å². The van der Waals surface area contributed by atoms with Crippen LogP contribution in [0.25, 0.3) is 60.9 Å². The van der Waals surface area contributed by atoms with Crippen LogP contribution in [-0.4, -0.2) is 4.57 Å². The molecule has 0 aliphatic heterocycles. The van der Waals surface area contributed by atoms with E-state index in [1.54, 1.807) is 0 Å². The van der Waals surface area contributed by atoms with Crippen molar-refractivity contribution in [3.05, 3.63) is 205 Å². The van der Waals surface area contributed by atoms with Crippen LogP contribution in [-0.2, 0) is 5.41 Å². The second-order valence-electron chi connectivity index (χ2n) is 14.6. The zero-order chi connectivity index (χ0) is 35.5. The number of fused-ring (bicyclic) bond motifs is 6. The summed E-state index contributed by atoms with van der Waals surface area (Å²) < 4.78 is 2.40. The predicted molar refractivity (Wildman–Crippen MR) is 224 cm³/mol. The molecular formula is C51H38N2. The lowest BCUT2D eigenvalue weighted by atomic mass is 9.78. The van der Waals surface area contributed by atoms with Gasteiger partial charge in [-0.2, -0.15) is 0 Å². The minimum Gasteiger partial charge on any atom is -0.310 e. The molecule has 0 saturated heterocycles. The van der Waals surface area contributed by atoms with Gasteiger partial charge in [-0.3, -0.25) is 0 Å². The highest BCUT2D eigenvalue weighted by molar-refractivity contribution is 6.09. The molecule has 0 N–H and O–H groups in total. The SMILES string of the molecule is CC1(C)c2ccccc2-c2cc(N(c3ccc(-c4ccccc4)cc3)c3cccc(-n4c5ccccc5c5ccccc54)c3)cc(-c3ccccc3)c21. The molecule has 0 radical (unpaired) electrons. The van der Waals surface area contributed by atoms with Crippen LogP contribution in [0.2, 0.25) is 0 Å². The highest BCUT2D eigenvalue weighted by Crippen LogP contribution is 2.54. The van der Waals surface area contributed by atoms with Crippen molar-refractivity contribution in [3.8, 4) is 39.1 Å². The van der Waals surface area contributed by atoms with E-state index in [-0.39, 0.29) is 5.41 Å². The number of benzene rings is 8. The number of nitrogens with zero attached hydrogens (tertiary/aromatic N) is 2. The van der Waals surface area contributed by atoms with Gasteiger partial charge < -0.3 is 9.47 Å². The van der Waals surface area contributed by atoms with Gasteiger partial charge in [0.2, 0.25) is 0 Å². The number of hydrogen-bond donors (Lipinski definition) is 0. The second-order valence-corrected chi connectivity index (χ2v) is 14.6. The number of aromatic nitrogens is 1. The zero-order valence-electron chi connectivity index (χ0n) is 29.9. The van der Waals surface area contributed by atoms with Crippen molar-refractivity contribution < 1.29 is 0 Å². The molecule has 0 spiro atoms. The fraction of sp³-hybridized carbons (Fsp3) is 0.0588. The third-order valence-corrected chi connectivity index (χ3v) is 11.1. The van der Waals surface area contributed by atoms with Gasteiger partial charge in [0.15, 0.2) is 0 Å². The van der Waals surface area contributed by atoms with E-state index in [2.05, 4.69) is 217 Å². The predicted octanol–water partition coefficient (Wildman–Crippen LogP) is 13.9. The molecule has 2 heteroatoms. The summed E-state index contributed by atoms with van der Waals surface area (Å²) in [6.45, 7) is 4.75. The Hall–Kier alpha value is -6.64. The molecule has 1 aliphatic carbocycles. The summed E-state index contributed by atoms with van der Waals surface area (Å²) >= 11 is 0. The van der Waals surface area contributed by atoms with E-state index >= 15 is 0 Å². The Balaban J connectivity index is 1.23. The van der Waals surface area contributed by atoms with E-state index in [1.165, 1.54) is 66.3 Å². The average Bonchev–Trinajstić information content (AvgIpc) is 3.67. The summed E-state index contributed by atoms with van der Waals surface area (Å²) in [6.07, 6.45) is 0. The molecule has 10 rings (SSSR count). The topological polar surface area (TPSA) is 8.17 Å². The van der Waals surface area contributed by atoms with Crippen LogP contribution >= 0.6 is 0 Å². The zero-order valence-corrected chi connectivity index (χ0v) is 29.9. The maximum Gasteiger partial charge on any atom is 0.0541 e. The van der Waals surface area contributed by atoms with Crippen molar-refractivity contribution in [1.82, 2.24) is 4.57 Å². The number of para-hydroxylation sites is 2. The molecule has 0 saturated carbocycles. The van der Waals surface area contributed by atoms with Crippen LogP contribution in [0.3, 0.4) is 0 Å². The van der Waals surface area contributed by atoms with E-state index in [4.69, 9.17) is 0 Å². The van der Waals surface area contributed by atoms with Gasteiger partial charge >= 0.3 is 0 Å².